The Morgan fingerprint density at radius 3 is 2.53 bits per heavy atom. The van der Waals surface area contributed by atoms with Gasteiger partial charge in [0, 0.05) is 51.8 Å². The fraction of sp³-hybridized carbons (Fsp3) is 0.591. The number of methoxy groups -OCH3 is 2. The zero-order valence-electron chi connectivity index (χ0n) is 18.9. The van der Waals surface area contributed by atoms with Crippen molar-refractivity contribution >= 4 is 23.4 Å². The second-order valence-corrected chi connectivity index (χ2v) is 8.06. The van der Waals surface area contributed by atoms with Crippen LogP contribution in [0.2, 0.25) is 0 Å². The lowest BCUT2D eigenvalue weighted by Crippen LogP contribution is -2.55. The van der Waals surface area contributed by atoms with Crippen LogP contribution in [0.5, 0.6) is 11.5 Å². The van der Waals surface area contributed by atoms with Gasteiger partial charge in [-0.05, 0) is 19.1 Å². The quantitative estimate of drug-likeness (QED) is 0.562. The molecule has 3 amide bonds. The van der Waals surface area contributed by atoms with E-state index >= 15 is 0 Å². The standard InChI is InChI=1S/C22H32N4O6/c1-15(22(30)25-8-6-24(7-9-25)10-11-27)23-21(29)16-12-20(28)26(14-16)18-5-4-17(31-2)13-19(18)32-3/h4-5,13,15-16,27H,6-12,14H2,1-3H3,(H,23,29). The van der Waals surface area contributed by atoms with Crippen molar-refractivity contribution in [1.82, 2.24) is 15.1 Å². The first-order valence-corrected chi connectivity index (χ1v) is 10.8. The van der Waals surface area contributed by atoms with Crippen molar-refractivity contribution in [3.63, 3.8) is 0 Å². The first-order valence-electron chi connectivity index (χ1n) is 10.8. The Kier molecular flexibility index (Phi) is 7.92. The van der Waals surface area contributed by atoms with Gasteiger partial charge in [0.2, 0.25) is 17.7 Å². The average molecular weight is 449 g/mol. The van der Waals surface area contributed by atoms with Crippen LogP contribution in [0.1, 0.15) is 13.3 Å². The van der Waals surface area contributed by atoms with Crippen molar-refractivity contribution in [3.05, 3.63) is 18.2 Å². The Bertz CT molecular complexity index is 840. The van der Waals surface area contributed by atoms with E-state index in [-0.39, 0.29) is 37.3 Å². The van der Waals surface area contributed by atoms with Crippen LogP contribution in [-0.2, 0) is 14.4 Å². The Morgan fingerprint density at radius 1 is 1.19 bits per heavy atom. The van der Waals surface area contributed by atoms with E-state index < -0.39 is 12.0 Å². The van der Waals surface area contributed by atoms with Gasteiger partial charge in [0.1, 0.15) is 17.5 Å². The summed E-state index contributed by atoms with van der Waals surface area (Å²) in [6.45, 7) is 5.10. The van der Waals surface area contributed by atoms with Crippen molar-refractivity contribution in [2.24, 2.45) is 5.92 Å². The summed E-state index contributed by atoms with van der Waals surface area (Å²) in [6, 6.07) is 4.49. The van der Waals surface area contributed by atoms with Crippen LogP contribution in [0, 0.1) is 5.92 Å². The highest BCUT2D eigenvalue weighted by molar-refractivity contribution is 6.02. The highest BCUT2D eigenvalue weighted by Crippen LogP contribution is 2.35. The molecule has 176 valence electrons. The molecule has 2 saturated heterocycles. The van der Waals surface area contributed by atoms with Gasteiger partial charge in [0.15, 0.2) is 0 Å². The molecule has 0 bridgehead atoms. The normalized spacial score (nSPS) is 20.2. The molecule has 10 heteroatoms. The number of hydrogen-bond acceptors (Lipinski definition) is 7. The van der Waals surface area contributed by atoms with Crippen molar-refractivity contribution < 1.29 is 29.0 Å². The van der Waals surface area contributed by atoms with Gasteiger partial charge in [-0.15, -0.1) is 0 Å². The van der Waals surface area contributed by atoms with Crippen LogP contribution >= 0.6 is 0 Å². The molecule has 2 fully saturated rings. The first kappa shape index (κ1) is 23.8. The van der Waals surface area contributed by atoms with Crippen LogP contribution < -0.4 is 19.7 Å². The largest absolute Gasteiger partial charge is 0.497 e. The molecular weight excluding hydrogens is 416 g/mol. The van der Waals surface area contributed by atoms with Crippen LogP contribution in [0.25, 0.3) is 0 Å². The van der Waals surface area contributed by atoms with E-state index in [1.54, 1.807) is 37.1 Å². The van der Waals surface area contributed by atoms with Crippen LogP contribution in [0.15, 0.2) is 18.2 Å². The summed E-state index contributed by atoms with van der Waals surface area (Å²) in [6.07, 6.45) is 0.0712. The summed E-state index contributed by atoms with van der Waals surface area (Å²) < 4.78 is 10.6. The van der Waals surface area contributed by atoms with Crippen molar-refractivity contribution in [2.45, 2.75) is 19.4 Å². The summed E-state index contributed by atoms with van der Waals surface area (Å²) in [5.74, 6) is -0.0784. The van der Waals surface area contributed by atoms with Gasteiger partial charge in [0.25, 0.3) is 0 Å². The van der Waals surface area contributed by atoms with E-state index in [4.69, 9.17) is 14.6 Å². The van der Waals surface area contributed by atoms with Gasteiger partial charge >= 0.3 is 0 Å². The number of amides is 3. The van der Waals surface area contributed by atoms with Crippen molar-refractivity contribution in [2.75, 3.05) is 65.0 Å². The number of hydrogen-bond donors (Lipinski definition) is 2. The van der Waals surface area contributed by atoms with E-state index in [0.717, 1.165) is 0 Å². The van der Waals surface area contributed by atoms with Gasteiger partial charge < -0.3 is 29.7 Å². The first-order chi connectivity index (χ1) is 15.4. The van der Waals surface area contributed by atoms with Crippen LogP contribution in [-0.4, -0.2) is 98.8 Å². The summed E-state index contributed by atoms with van der Waals surface area (Å²) >= 11 is 0. The average Bonchev–Trinajstić information content (AvgIpc) is 3.20. The number of rotatable bonds is 8. The van der Waals surface area contributed by atoms with E-state index in [0.29, 0.717) is 49.9 Å². The van der Waals surface area contributed by atoms with E-state index in [1.165, 1.54) is 12.0 Å². The molecule has 2 heterocycles. The lowest BCUT2D eigenvalue weighted by Gasteiger charge is -2.35. The third-order valence-electron chi connectivity index (χ3n) is 6.00. The van der Waals surface area contributed by atoms with Gasteiger partial charge in [-0.1, -0.05) is 0 Å². The minimum atomic E-state index is -0.674. The monoisotopic (exact) mass is 448 g/mol. The number of aliphatic hydroxyl groups excluding tert-OH is 1. The van der Waals surface area contributed by atoms with Crippen molar-refractivity contribution in [3.8, 4) is 11.5 Å². The zero-order chi connectivity index (χ0) is 23.3. The number of ether oxygens (including phenoxy) is 2. The molecule has 0 aliphatic carbocycles. The zero-order valence-corrected chi connectivity index (χ0v) is 18.9. The SMILES string of the molecule is COc1ccc(N2CC(C(=O)NC(C)C(=O)N3CCN(CCO)CC3)CC2=O)c(OC)c1. The summed E-state index contributed by atoms with van der Waals surface area (Å²) in [7, 11) is 3.06. The number of anilines is 1. The minimum Gasteiger partial charge on any atom is -0.497 e. The number of β-amino-alcohol motifs (C(OH)–C–C–N with tert-alkyl or cyclic N) is 1. The molecule has 1 aromatic rings. The van der Waals surface area contributed by atoms with Crippen LogP contribution in [0.3, 0.4) is 0 Å². The molecule has 2 aliphatic rings. The molecule has 2 aliphatic heterocycles. The number of carbonyl (C=O) groups excluding carboxylic acids is 3. The van der Waals surface area contributed by atoms with E-state index in [1.807, 2.05) is 0 Å². The Morgan fingerprint density at radius 2 is 1.91 bits per heavy atom. The molecule has 0 radical (unpaired) electrons. The number of carbonyl (C=O) groups is 3. The third kappa shape index (κ3) is 5.31. The van der Waals surface area contributed by atoms with Gasteiger partial charge in [-0.3, -0.25) is 19.3 Å². The molecule has 2 atom stereocenters. The predicted molar refractivity (Wildman–Crippen MR) is 118 cm³/mol. The smallest absolute Gasteiger partial charge is 0.244 e. The Balaban J connectivity index is 1.57. The summed E-state index contributed by atoms with van der Waals surface area (Å²) in [5.41, 5.74) is 0.582. The van der Waals surface area contributed by atoms with Gasteiger partial charge in [-0.25, -0.2) is 0 Å². The second kappa shape index (κ2) is 10.6. The predicted octanol–water partition coefficient (Wildman–Crippen LogP) is -0.302. The number of piperazine rings is 1. The fourth-order valence-corrected chi connectivity index (χ4v) is 4.12. The molecular formula is C22H32N4O6. The molecule has 3 rings (SSSR count). The van der Waals surface area contributed by atoms with Gasteiger partial charge in [-0.2, -0.15) is 0 Å². The molecule has 0 saturated carbocycles. The topological polar surface area (TPSA) is 112 Å². The molecule has 1 aromatic carbocycles. The molecule has 10 nitrogen and oxygen atoms in total. The number of aliphatic hydroxyl groups is 1. The molecule has 32 heavy (non-hydrogen) atoms. The van der Waals surface area contributed by atoms with Crippen LogP contribution in [0.4, 0.5) is 5.69 Å². The number of nitrogens with one attached hydrogen (secondary N) is 1. The third-order valence-corrected chi connectivity index (χ3v) is 6.00. The summed E-state index contributed by atoms with van der Waals surface area (Å²) in [5, 5.41) is 11.8. The maximum atomic E-state index is 12.8. The fourth-order valence-electron chi connectivity index (χ4n) is 4.12. The molecule has 2 unspecified atom stereocenters. The lowest BCUT2D eigenvalue weighted by molar-refractivity contribution is -0.138. The maximum Gasteiger partial charge on any atom is 0.244 e. The number of nitrogens with zero attached hydrogens (tertiary/aromatic N) is 3. The molecule has 2 N–H and O–H groups in total. The van der Waals surface area contributed by atoms with E-state index in [9.17, 15) is 14.4 Å². The Labute approximate surface area is 188 Å². The number of benzene rings is 1. The summed E-state index contributed by atoms with van der Waals surface area (Å²) in [4.78, 5) is 43.5. The molecule has 0 spiro atoms. The Hall–Kier alpha value is -2.85. The van der Waals surface area contributed by atoms with E-state index in [2.05, 4.69) is 10.2 Å². The maximum absolute atomic E-state index is 12.8. The second-order valence-electron chi connectivity index (χ2n) is 8.06. The lowest BCUT2D eigenvalue weighted by atomic mass is 10.1. The van der Waals surface area contributed by atoms with Gasteiger partial charge in [0.05, 0.1) is 32.4 Å². The highest BCUT2D eigenvalue weighted by Gasteiger charge is 2.37. The minimum absolute atomic E-state index is 0.0712. The highest BCUT2D eigenvalue weighted by atomic mass is 16.5. The molecule has 0 aromatic heterocycles. The van der Waals surface area contributed by atoms with Crippen molar-refractivity contribution in [1.29, 1.82) is 0 Å².